The highest BCUT2D eigenvalue weighted by Crippen LogP contribution is 2.18. The van der Waals surface area contributed by atoms with E-state index in [1.807, 2.05) is 7.05 Å². The van der Waals surface area contributed by atoms with Crippen LogP contribution < -0.4 is 5.32 Å². The zero-order valence-electron chi connectivity index (χ0n) is 6.25. The molecule has 0 radical (unpaired) electrons. The third-order valence-corrected chi connectivity index (χ3v) is 2.19. The first-order valence-corrected chi connectivity index (χ1v) is 3.79. The first kappa shape index (κ1) is 7.98. The minimum absolute atomic E-state index is 0.0868. The molecule has 0 aromatic carbocycles. The van der Waals surface area contributed by atoms with Crippen LogP contribution in [0.1, 0.15) is 19.3 Å². The number of nitrogens with one attached hydrogen (secondary N) is 1. The summed E-state index contributed by atoms with van der Waals surface area (Å²) in [5.74, 6) is 0. The summed E-state index contributed by atoms with van der Waals surface area (Å²) in [6.45, 7) is 0. The quantitative estimate of drug-likeness (QED) is 0.465. The second kappa shape index (κ2) is 3.32. The highest BCUT2D eigenvalue weighted by molar-refractivity contribution is 4.85. The van der Waals surface area contributed by atoms with Gasteiger partial charge in [0.2, 0.25) is 0 Å². The van der Waals surface area contributed by atoms with Gasteiger partial charge in [0.05, 0.1) is 12.2 Å². The molecule has 1 aliphatic rings. The van der Waals surface area contributed by atoms with Crippen molar-refractivity contribution < 1.29 is 10.2 Å². The molecule has 1 saturated carbocycles. The van der Waals surface area contributed by atoms with Crippen molar-refractivity contribution in [1.82, 2.24) is 5.32 Å². The van der Waals surface area contributed by atoms with Gasteiger partial charge < -0.3 is 15.5 Å². The predicted molar refractivity (Wildman–Crippen MR) is 38.7 cm³/mol. The van der Waals surface area contributed by atoms with Crippen LogP contribution in [-0.4, -0.2) is 35.5 Å². The molecule has 3 N–H and O–H groups in total. The molecular weight excluding hydrogens is 130 g/mol. The van der Waals surface area contributed by atoms with Crippen molar-refractivity contribution >= 4 is 0 Å². The maximum atomic E-state index is 9.32. The maximum absolute atomic E-state index is 9.32. The van der Waals surface area contributed by atoms with Crippen LogP contribution in [0.4, 0.5) is 0 Å². The van der Waals surface area contributed by atoms with Crippen LogP contribution in [0.25, 0.3) is 0 Å². The molecule has 0 aromatic heterocycles. The molecule has 0 aliphatic heterocycles. The lowest BCUT2D eigenvalue weighted by atomic mass is 9.90. The number of hydrogen-bond donors (Lipinski definition) is 3. The fraction of sp³-hybridized carbons (Fsp3) is 1.00. The van der Waals surface area contributed by atoms with Gasteiger partial charge in [0.1, 0.15) is 0 Å². The molecule has 1 rings (SSSR count). The van der Waals surface area contributed by atoms with Crippen molar-refractivity contribution in [3.63, 3.8) is 0 Å². The van der Waals surface area contributed by atoms with Gasteiger partial charge >= 0.3 is 0 Å². The Labute approximate surface area is 61.1 Å². The van der Waals surface area contributed by atoms with Crippen LogP contribution in [0.15, 0.2) is 0 Å². The Morgan fingerprint density at radius 1 is 1.30 bits per heavy atom. The van der Waals surface area contributed by atoms with E-state index in [2.05, 4.69) is 5.32 Å². The van der Waals surface area contributed by atoms with Gasteiger partial charge in [-0.2, -0.15) is 0 Å². The summed E-state index contributed by atoms with van der Waals surface area (Å²) < 4.78 is 0. The molecule has 0 bridgehead atoms. The van der Waals surface area contributed by atoms with E-state index in [4.69, 9.17) is 0 Å². The van der Waals surface area contributed by atoms with Gasteiger partial charge in [-0.05, 0) is 26.3 Å². The van der Waals surface area contributed by atoms with E-state index < -0.39 is 12.2 Å². The highest BCUT2D eigenvalue weighted by Gasteiger charge is 2.28. The summed E-state index contributed by atoms with van der Waals surface area (Å²) in [5, 5.41) is 21.5. The van der Waals surface area contributed by atoms with E-state index >= 15 is 0 Å². The smallest absolute Gasteiger partial charge is 0.0951 e. The molecule has 0 heterocycles. The number of likely N-dealkylation sites (N-methyl/N-ethyl adjacent to an activating group) is 1. The molecule has 0 amide bonds. The van der Waals surface area contributed by atoms with Gasteiger partial charge in [0.15, 0.2) is 0 Å². The van der Waals surface area contributed by atoms with Crippen molar-refractivity contribution in [2.24, 2.45) is 0 Å². The Morgan fingerprint density at radius 3 is 2.50 bits per heavy atom. The summed E-state index contributed by atoms with van der Waals surface area (Å²) in [4.78, 5) is 0. The molecule has 60 valence electrons. The van der Waals surface area contributed by atoms with E-state index in [1.165, 1.54) is 0 Å². The van der Waals surface area contributed by atoms with E-state index in [9.17, 15) is 10.2 Å². The second-order valence-corrected chi connectivity index (χ2v) is 2.88. The zero-order valence-corrected chi connectivity index (χ0v) is 6.25. The monoisotopic (exact) mass is 145 g/mol. The fourth-order valence-electron chi connectivity index (χ4n) is 1.47. The van der Waals surface area contributed by atoms with Crippen LogP contribution in [0, 0.1) is 0 Å². The molecule has 0 unspecified atom stereocenters. The van der Waals surface area contributed by atoms with Gasteiger partial charge in [-0.15, -0.1) is 0 Å². The number of aliphatic hydroxyl groups excluding tert-OH is 2. The summed E-state index contributed by atoms with van der Waals surface area (Å²) in [5.41, 5.74) is 0. The van der Waals surface area contributed by atoms with Gasteiger partial charge in [0.25, 0.3) is 0 Å². The topological polar surface area (TPSA) is 52.5 Å². The Morgan fingerprint density at radius 2 is 2.00 bits per heavy atom. The zero-order chi connectivity index (χ0) is 7.56. The molecule has 0 spiro atoms. The predicted octanol–water partition coefficient (Wildman–Crippen LogP) is -0.520. The molecule has 1 aliphatic carbocycles. The number of aliphatic hydroxyl groups is 2. The van der Waals surface area contributed by atoms with Crippen molar-refractivity contribution in [2.75, 3.05) is 7.05 Å². The first-order chi connectivity index (χ1) is 4.75. The van der Waals surface area contributed by atoms with Gasteiger partial charge in [-0.1, -0.05) is 0 Å². The molecule has 1 fully saturated rings. The minimum Gasteiger partial charge on any atom is -0.390 e. The molecule has 3 heteroatoms. The SMILES string of the molecule is CN[C@@H]1CCC[C@@H](O)[C@H]1O. The molecule has 10 heavy (non-hydrogen) atoms. The molecule has 3 atom stereocenters. The number of hydrogen-bond acceptors (Lipinski definition) is 3. The lowest BCUT2D eigenvalue weighted by Gasteiger charge is -2.31. The largest absolute Gasteiger partial charge is 0.390 e. The lowest BCUT2D eigenvalue weighted by molar-refractivity contribution is -0.0276. The second-order valence-electron chi connectivity index (χ2n) is 2.88. The van der Waals surface area contributed by atoms with Crippen LogP contribution in [0.5, 0.6) is 0 Å². The van der Waals surface area contributed by atoms with Crippen molar-refractivity contribution in [2.45, 2.75) is 37.5 Å². The molecule has 3 nitrogen and oxygen atoms in total. The van der Waals surface area contributed by atoms with Crippen molar-refractivity contribution in [3.8, 4) is 0 Å². The molecular formula is C7H15NO2. The highest BCUT2D eigenvalue weighted by atomic mass is 16.3. The van der Waals surface area contributed by atoms with E-state index in [1.54, 1.807) is 0 Å². The average molecular weight is 145 g/mol. The van der Waals surface area contributed by atoms with Crippen LogP contribution in [0.3, 0.4) is 0 Å². The van der Waals surface area contributed by atoms with Crippen LogP contribution in [0.2, 0.25) is 0 Å². The summed E-state index contributed by atoms with van der Waals surface area (Å²) >= 11 is 0. The van der Waals surface area contributed by atoms with Crippen LogP contribution >= 0.6 is 0 Å². The average Bonchev–Trinajstić information content (AvgIpc) is 1.95. The standard InChI is InChI=1S/C7H15NO2/c1-8-5-3-2-4-6(9)7(5)10/h5-10H,2-4H2,1H3/t5-,6-,7+/m1/s1. The lowest BCUT2D eigenvalue weighted by Crippen LogP contribution is -2.47. The molecule has 0 aromatic rings. The van der Waals surface area contributed by atoms with Crippen LogP contribution in [-0.2, 0) is 0 Å². The Hall–Kier alpha value is -0.120. The summed E-state index contributed by atoms with van der Waals surface area (Å²) in [6, 6.07) is 0.0868. The third-order valence-electron chi connectivity index (χ3n) is 2.19. The van der Waals surface area contributed by atoms with E-state index in [0.717, 1.165) is 19.3 Å². The maximum Gasteiger partial charge on any atom is 0.0951 e. The van der Waals surface area contributed by atoms with Crippen molar-refractivity contribution in [1.29, 1.82) is 0 Å². The third kappa shape index (κ3) is 1.48. The Bertz CT molecular complexity index is 108. The van der Waals surface area contributed by atoms with Gasteiger partial charge in [-0.25, -0.2) is 0 Å². The molecule has 0 saturated heterocycles. The summed E-state index contributed by atoms with van der Waals surface area (Å²) in [6.07, 6.45) is 1.61. The van der Waals surface area contributed by atoms with Gasteiger partial charge in [0, 0.05) is 6.04 Å². The first-order valence-electron chi connectivity index (χ1n) is 3.79. The fourth-order valence-corrected chi connectivity index (χ4v) is 1.47. The van der Waals surface area contributed by atoms with Crippen molar-refractivity contribution in [3.05, 3.63) is 0 Å². The van der Waals surface area contributed by atoms with Gasteiger partial charge in [-0.3, -0.25) is 0 Å². The Balaban J connectivity index is 2.42. The summed E-state index contributed by atoms with van der Waals surface area (Å²) in [7, 11) is 1.81. The minimum atomic E-state index is -0.571. The van der Waals surface area contributed by atoms with E-state index in [0.29, 0.717) is 0 Å². The number of rotatable bonds is 1. The van der Waals surface area contributed by atoms with E-state index in [-0.39, 0.29) is 6.04 Å². The normalized spacial score (nSPS) is 41.7. The Kier molecular flexibility index (Phi) is 2.65.